The Labute approximate surface area is 137 Å². The van der Waals surface area contributed by atoms with Crippen LogP contribution in [-0.2, 0) is 28.8 Å². The maximum Gasteiger partial charge on any atom is 0.371 e. The van der Waals surface area contributed by atoms with E-state index in [4.69, 9.17) is 31.9 Å². The number of carboxylic acid groups (broad SMARTS) is 4. The molecular weight excluding hydrogens is 332 g/mol. The molecule has 0 aromatic rings. The quantitative estimate of drug-likeness (QED) is 0.305. The SMILES string of the molecule is CC(=O)C(=O)O.CC(=O)C(=O)O.CC(N)C(=O)O.CC(N)C(=O)O. The second kappa shape index (κ2) is 16.5. The van der Waals surface area contributed by atoms with Gasteiger partial charge in [-0.2, -0.15) is 0 Å². The molecule has 0 aliphatic heterocycles. The van der Waals surface area contributed by atoms with Crippen LogP contribution in [-0.4, -0.2) is 68.0 Å². The highest BCUT2D eigenvalue weighted by molar-refractivity contribution is 6.31. The van der Waals surface area contributed by atoms with Crippen LogP contribution in [0.1, 0.15) is 27.7 Å². The van der Waals surface area contributed by atoms with Gasteiger partial charge in [0, 0.05) is 13.8 Å². The lowest BCUT2D eigenvalue weighted by molar-refractivity contribution is -0.148. The van der Waals surface area contributed by atoms with Crippen LogP contribution < -0.4 is 11.5 Å². The first-order chi connectivity index (χ1) is 10.6. The molecule has 0 aliphatic carbocycles. The van der Waals surface area contributed by atoms with Gasteiger partial charge in [0.2, 0.25) is 11.6 Å². The Bertz CT molecular complexity index is 391. The van der Waals surface area contributed by atoms with Crippen LogP contribution >= 0.6 is 0 Å². The number of hydrogen-bond acceptors (Lipinski definition) is 8. The third kappa shape index (κ3) is 36.5. The van der Waals surface area contributed by atoms with Gasteiger partial charge in [-0.05, 0) is 13.8 Å². The summed E-state index contributed by atoms with van der Waals surface area (Å²) in [6, 6.07) is -1.46. The highest BCUT2D eigenvalue weighted by Gasteiger charge is 2.00. The average molecular weight is 354 g/mol. The number of carbonyl (C=O) groups is 6. The number of hydrogen-bond donors (Lipinski definition) is 6. The van der Waals surface area contributed by atoms with Gasteiger partial charge in [-0.1, -0.05) is 0 Å². The molecule has 2 unspecified atom stereocenters. The smallest absolute Gasteiger partial charge is 0.371 e. The van der Waals surface area contributed by atoms with E-state index in [-0.39, 0.29) is 0 Å². The maximum atomic E-state index is 9.57. The Kier molecular flexibility index (Phi) is 20.1. The van der Waals surface area contributed by atoms with Crippen LogP contribution in [0.4, 0.5) is 0 Å². The fraction of sp³-hybridized carbons (Fsp3) is 0.500. The number of ketones is 2. The summed E-state index contributed by atoms with van der Waals surface area (Å²) >= 11 is 0. The van der Waals surface area contributed by atoms with E-state index in [1.54, 1.807) is 0 Å². The predicted octanol–water partition coefficient (Wildman–Crippen LogP) is -1.84. The largest absolute Gasteiger partial charge is 0.480 e. The molecule has 0 bridgehead atoms. The van der Waals surface area contributed by atoms with E-state index < -0.39 is 47.5 Å². The lowest BCUT2D eigenvalue weighted by atomic mass is 10.4. The van der Waals surface area contributed by atoms with Gasteiger partial charge in [-0.25, -0.2) is 9.59 Å². The molecule has 0 aromatic heterocycles. The van der Waals surface area contributed by atoms with Gasteiger partial charge in [-0.3, -0.25) is 19.2 Å². The molecule has 0 aliphatic rings. The van der Waals surface area contributed by atoms with Crippen LogP contribution in [0.3, 0.4) is 0 Å². The van der Waals surface area contributed by atoms with Gasteiger partial charge in [0.05, 0.1) is 0 Å². The third-order valence-corrected chi connectivity index (χ3v) is 1.38. The molecule has 12 heteroatoms. The van der Waals surface area contributed by atoms with Gasteiger partial charge in [0.1, 0.15) is 12.1 Å². The van der Waals surface area contributed by atoms with E-state index in [9.17, 15) is 28.8 Å². The van der Waals surface area contributed by atoms with Crippen molar-refractivity contribution < 1.29 is 49.2 Å². The van der Waals surface area contributed by atoms with E-state index >= 15 is 0 Å². The topological polar surface area (TPSA) is 235 Å². The molecule has 24 heavy (non-hydrogen) atoms. The standard InChI is InChI=1S/2C3H7NO2.2C3H4O3/c4*1-2(4)3(5)6/h2*2H,4H2,1H3,(H,5,6);2*1H3,(H,5,6). The first kappa shape index (κ1) is 29.2. The molecule has 0 spiro atoms. The van der Waals surface area contributed by atoms with Crippen LogP contribution in [0.5, 0.6) is 0 Å². The summed E-state index contributed by atoms with van der Waals surface area (Å²) < 4.78 is 0. The Morgan fingerprint density at radius 1 is 0.625 bits per heavy atom. The van der Waals surface area contributed by atoms with Crippen molar-refractivity contribution in [1.29, 1.82) is 0 Å². The van der Waals surface area contributed by atoms with Crippen molar-refractivity contribution in [1.82, 2.24) is 0 Å². The normalized spacial score (nSPS) is 10.6. The molecule has 140 valence electrons. The Morgan fingerprint density at radius 3 is 0.708 bits per heavy atom. The lowest BCUT2D eigenvalue weighted by Crippen LogP contribution is -2.25. The van der Waals surface area contributed by atoms with E-state index in [1.165, 1.54) is 13.8 Å². The van der Waals surface area contributed by atoms with Crippen LogP contribution in [0.15, 0.2) is 0 Å². The predicted molar refractivity (Wildman–Crippen MR) is 79.2 cm³/mol. The summed E-state index contributed by atoms with van der Waals surface area (Å²) in [7, 11) is 0. The van der Waals surface area contributed by atoms with E-state index in [0.717, 1.165) is 13.8 Å². The Morgan fingerprint density at radius 2 is 0.708 bits per heavy atom. The molecular formula is C12H22N2O10. The molecule has 8 N–H and O–H groups in total. The zero-order valence-corrected chi connectivity index (χ0v) is 13.5. The van der Waals surface area contributed by atoms with Crippen molar-refractivity contribution in [3.05, 3.63) is 0 Å². The van der Waals surface area contributed by atoms with Crippen molar-refractivity contribution in [2.45, 2.75) is 39.8 Å². The van der Waals surface area contributed by atoms with Crippen LogP contribution in [0, 0.1) is 0 Å². The summed E-state index contributed by atoms with van der Waals surface area (Å²) in [5.74, 6) is -6.33. The first-order valence-electron chi connectivity index (χ1n) is 6.02. The average Bonchev–Trinajstić information content (AvgIpc) is 2.40. The van der Waals surface area contributed by atoms with E-state index in [2.05, 4.69) is 0 Å². The number of rotatable bonds is 4. The molecule has 0 saturated heterocycles. The maximum absolute atomic E-state index is 9.57. The van der Waals surface area contributed by atoms with E-state index in [0.29, 0.717) is 0 Å². The zero-order chi connectivity index (χ0) is 20.6. The molecule has 0 heterocycles. The molecule has 0 amide bonds. The number of carbonyl (C=O) groups excluding carboxylic acids is 2. The summed E-state index contributed by atoms with van der Waals surface area (Å²) in [5.41, 5.74) is 9.67. The monoisotopic (exact) mass is 354 g/mol. The van der Waals surface area contributed by atoms with Crippen molar-refractivity contribution in [2.75, 3.05) is 0 Å². The van der Waals surface area contributed by atoms with Crippen molar-refractivity contribution in [2.24, 2.45) is 11.5 Å². The number of carboxylic acids is 4. The van der Waals surface area contributed by atoms with E-state index in [1.807, 2.05) is 0 Å². The number of nitrogens with two attached hydrogens (primary N) is 2. The van der Waals surface area contributed by atoms with Crippen molar-refractivity contribution >= 4 is 35.4 Å². The highest BCUT2D eigenvalue weighted by atomic mass is 16.4. The third-order valence-electron chi connectivity index (χ3n) is 1.38. The van der Waals surface area contributed by atoms with Gasteiger partial charge in [0.25, 0.3) is 0 Å². The highest BCUT2D eigenvalue weighted by Crippen LogP contribution is 1.68. The fourth-order valence-electron chi connectivity index (χ4n) is 0. The minimum absolute atomic E-state index is 0.731. The minimum atomic E-state index is -1.38. The second-order valence-electron chi connectivity index (χ2n) is 3.98. The fourth-order valence-corrected chi connectivity index (χ4v) is 0. The van der Waals surface area contributed by atoms with Gasteiger partial charge >= 0.3 is 23.9 Å². The lowest BCUT2D eigenvalue weighted by Gasteiger charge is -1.90. The van der Waals surface area contributed by atoms with Gasteiger partial charge in [0.15, 0.2) is 0 Å². The second-order valence-corrected chi connectivity index (χ2v) is 3.98. The first-order valence-corrected chi connectivity index (χ1v) is 6.02. The molecule has 0 fully saturated rings. The number of aliphatic carboxylic acids is 4. The molecule has 0 radical (unpaired) electrons. The summed E-state index contributed by atoms with van der Waals surface area (Å²) in [4.78, 5) is 56.9. The van der Waals surface area contributed by atoms with Gasteiger partial charge in [-0.15, -0.1) is 0 Å². The Balaban J connectivity index is -0.000000111. The molecule has 2 atom stereocenters. The van der Waals surface area contributed by atoms with Crippen molar-refractivity contribution in [3.8, 4) is 0 Å². The number of Topliss-reactive ketones (excluding diaryl/α,β-unsaturated/α-hetero) is 2. The van der Waals surface area contributed by atoms with Gasteiger partial charge < -0.3 is 31.9 Å². The molecule has 0 saturated carbocycles. The minimum Gasteiger partial charge on any atom is -0.480 e. The molecule has 0 aromatic carbocycles. The summed E-state index contributed by atoms with van der Waals surface area (Å²) in [5, 5.41) is 31.0. The molecule has 12 nitrogen and oxygen atoms in total. The summed E-state index contributed by atoms with van der Waals surface area (Å²) in [6.07, 6.45) is 0. The van der Waals surface area contributed by atoms with Crippen molar-refractivity contribution in [3.63, 3.8) is 0 Å². The Hall–Kier alpha value is -2.86. The van der Waals surface area contributed by atoms with Crippen LogP contribution in [0.2, 0.25) is 0 Å². The zero-order valence-electron chi connectivity index (χ0n) is 13.5. The summed E-state index contributed by atoms with van der Waals surface area (Å²) in [6.45, 7) is 4.84. The van der Waals surface area contributed by atoms with Crippen LogP contribution in [0.25, 0.3) is 0 Å². The molecule has 0 rings (SSSR count).